The Balaban J connectivity index is 2.58. The predicted octanol–water partition coefficient (Wildman–Crippen LogP) is -2.12. The van der Waals surface area contributed by atoms with Crippen molar-refractivity contribution in [2.24, 2.45) is 5.73 Å². The van der Waals surface area contributed by atoms with Gasteiger partial charge in [0.1, 0.15) is 12.2 Å². The summed E-state index contributed by atoms with van der Waals surface area (Å²) < 4.78 is 4.67. The van der Waals surface area contributed by atoms with Crippen LogP contribution in [0, 0.1) is 0 Å². The smallest absolute Gasteiger partial charge is 0.271 e. The third-order valence-electron chi connectivity index (χ3n) is 3.65. The number of aliphatic hydroxyl groups excluding tert-OH is 2. The first-order chi connectivity index (χ1) is 10.1. The fraction of sp³-hybridized carbons (Fsp3) is 0.462. The van der Waals surface area contributed by atoms with Gasteiger partial charge in [0.15, 0.2) is 0 Å². The molecule has 1 heterocycles. The van der Waals surface area contributed by atoms with Crippen LogP contribution < -0.4 is 5.73 Å². The number of halogens is 1. The Labute approximate surface area is 130 Å². The number of aliphatic hydroxyl groups is 5. The number of nitrogens with two attached hydrogens (primary N) is 1. The van der Waals surface area contributed by atoms with Crippen molar-refractivity contribution in [1.29, 1.82) is 0 Å². The second-order valence-electron chi connectivity index (χ2n) is 5.06. The zero-order valence-corrected chi connectivity index (χ0v) is 12.0. The average Bonchev–Trinajstić information content (AvgIpc) is 2.49. The highest BCUT2D eigenvalue weighted by molar-refractivity contribution is 6.27. The van der Waals surface area contributed by atoms with Crippen molar-refractivity contribution in [3.8, 4) is 0 Å². The number of Topliss-reactive ketones (excluding diaryl/α,β-unsaturated/α-hetero) is 1. The Morgan fingerprint density at radius 3 is 2.32 bits per heavy atom. The number of ketones is 1. The molecule has 1 unspecified atom stereocenters. The fourth-order valence-corrected chi connectivity index (χ4v) is 2.58. The maximum Gasteiger partial charge on any atom is 0.271 e. The van der Waals surface area contributed by atoms with E-state index in [-0.39, 0.29) is 5.56 Å². The van der Waals surface area contributed by atoms with Crippen LogP contribution in [0.1, 0.15) is 10.4 Å². The number of ether oxygens (including phenoxy) is 1. The Morgan fingerprint density at radius 2 is 1.82 bits per heavy atom. The first-order valence-electron chi connectivity index (χ1n) is 6.31. The van der Waals surface area contributed by atoms with E-state index in [1.54, 1.807) is 6.07 Å². The van der Waals surface area contributed by atoms with E-state index in [0.29, 0.717) is 0 Å². The van der Waals surface area contributed by atoms with Crippen molar-refractivity contribution in [2.45, 2.75) is 28.8 Å². The van der Waals surface area contributed by atoms with Gasteiger partial charge in [0.2, 0.25) is 16.4 Å². The van der Waals surface area contributed by atoms with E-state index in [0.717, 1.165) is 0 Å². The molecule has 1 fully saturated rings. The van der Waals surface area contributed by atoms with E-state index in [1.165, 1.54) is 24.3 Å². The molecule has 0 radical (unpaired) electrons. The van der Waals surface area contributed by atoms with Gasteiger partial charge in [-0.05, 0) is 0 Å². The molecule has 1 aliphatic heterocycles. The van der Waals surface area contributed by atoms with E-state index in [2.05, 4.69) is 4.74 Å². The highest BCUT2D eigenvalue weighted by atomic mass is 35.5. The van der Waals surface area contributed by atoms with Gasteiger partial charge >= 0.3 is 0 Å². The van der Waals surface area contributed by atoms with Gasteiger partial charge in [-0.15, -0.1) is 0 Å². The van der Waals surface area contributed by atoms with E-state index in [1.807, 2.05) is 0 Å². The zero-order valence-electron chi connectivity index (χ0n) is 11.3. The second-order valence-corrected chi connectivity index (χ2v) is 5.61. The quantitative estimate of drug-likeness (QED) is 0.208. The van der Waals surface area contributed by atoms with Crippen LogP contribution in [0.3, 0.4) is 0 Å². The van der Waals surface area contributed by atoms with Gasteiger partial charge in [0.05, 0.1) is 6.61 Å². The molecule has 0 aliphatic carbocycles. The summed E-state index contributed by atoms with van der Waals surface area (Å²) in [7, 11) is 0. The zero-order chi connectivity index (χ0) is 16.8. The van der Waals surface area contributed by atoms with Crippen LogP contribution in [0.2, 0.25) is 0 Å². The molecule has 122 valence electrons. The van der Waals surface area contributed by atoms with Crippen LogP contribution >= 0.6 is 11.6 Å². The molecule has 0 bridgehead atoms. The highest BCUT2D eigenvalue weighted by Crippen LogP contribution is 2.45. The van der Waals surface area contributed by atoms with Crippen LogP contribution in [-0.2, 0) is 4.74 Å². The summed E-state index contributed by atoms with van der Waals surface area (Å²) in [6.45, 7) is -0.891. The van der Waals surface area contributed by atoms with Crippen molar-refractivity contribution in [3.05, 3.63) is 35.9 Å². The maximum absolute atomic E-state index is 12.5. The fourth-order valence-electron chi connectivity index (χ4n) is 2.34. The van der Waals surface area contributed by atoms with Crippen molar-refractivity contribution >= 4 is 17.4 Å². The molecule has 7 N–H and O–H groups in total. The molecule has 2 rings (SSSR count). The Hall–Kier alpha value is -1.10. The van der Waals surface area contributed by atoms with Crippen molar-refractivity contribution in [2.75, 3.05) is 6.61 Å². The van der Waals surface area contributed by atoms with Crippen LogP contribution in [0.4, 0.5) is 0 Å². The van der Waals surface area contributed by atoms with Crippen LogP contribution in [0.5, 0.6) is 0 Å². The van der Waals surface area contributed by atoms with Gasteiger partial charge in [-0.25, -0.2) is 0 Å². The average molecular weight is 334 g/mol. The summed E-state index contributed by atoms with van der Waals surface area (Å²) in [6.07, 6.45) is -3.79. The van der Waals surface area contributed by atoms with Gasteiger partial charge in [-0.1, -0.05) is 41.9 Å². The standard InChI is InChI=1S/C13H16ClNO7/c14-12(20)11(19,9(17)7-4-2-1-3-5-7)10(18)8(6-16)22-13(12,15)21/h1-5,8,10,16,18-21H,6,15H2/t8-,10+,11-,12+,13?/m1/s1. The molecule has 0 amide bonds. The van der Waals surface area contributed by atoms with Gasteiger partial charge in [0.25, 0.3) is 5.91 Å². The summed E-state index contributed by atoms with van der Waals surface area (Å²) >= 11 is 5.68. The van der Waals surface area contributed by atoms with Gasteiger partial charge in [-0.2, -0.15) is 0 Å². The molecule has 9 heteroatoms. The normalized spacial score (nSPS) is 42.1. The Kier molecular flexibility index (Phi) is 4.33. The van der Waals surface area contributed by atoms with E-state index >= 15 is 0 Å². The van der Waals surface area contributed by atoms with Gasteiger partial charge < -0.3 is 30.3 Å². The Morgan fingerprint density at radius 1 is 1.27 bits per heavy atom. The molecule has 1 aliphatic rings. The van der Waals surface area contributed by atoms with E-state index < -0.39 is 41.2 Å². The number of carbonyl (C=O) groups is 1. The predicted molar refractivity (Wildman–Crippen MR) is 73.6 cm³/mol. The minimum atomic E-state index is -3.27. The number of carbonyl (C=O) groups excluding carboxylic acids is 1. The summed E-state index contributed by atoms with van der Waals surface area (Å²) in [6, 6.07) is 7.17. The van der Waals surface area contributed by atoms with Crippen LogP contribution in [0.15, 0.2) is 30.3 Å². The summed E-state index contributed by atoms with van der Waals surface area (Å²) in [5.41, 5.74) is 2.07. The summed E-state index contributed by atoms with van der Waals surface area (Å²) in [4.78, 5) is 12.5. The van der Waals surface area contributed by atoms with E-state index in [4.69, 9.17) is 22.4 Å². The second kappa shape index (κ2) is 5.52. The lowest BCUT2D eigenvalue weighted by molar-refractivity contribution is -0.377. The van der Waals surface area contributed by atoms with Crippen LogP contribution in [0.25, 0.3) is 0 Å². The molecule has 22 heavy (non-hydrogen) atoms. The highest BCUT2D eigenvalue weighted by Gasteiger charge is 2.73. The molecule has 5 atom stereocenters. The molecule has 0 saturated carbocycles. The molecular formula is C13H16ClNO7. The van der Waals surface area contributed by atoms with Crippen molar-refractivity contribution in [1.82, 2.24) is 0 Å². The van der Waals surface area contributed by atoms with E-state index in [9.17, 15) is 25.2 Å². The first-order valence-corrected chi connectivity index (χ1v) is 6.69. The Bertz CT molecular complexity index is 565. The van der Waals surface area contributed by atoms with Gasteiger partial charge in [-0.3, -0.25) is 10.5 Å². The summed E-state index contributed by atoms with van der Waals surface area (Å²) in [5.74, 6) is -4.29. The lowest BCUT2D eigenvalue weighted by Crippen LogP contribution is -2.82. The monoisotopic (exact) mass is 333 g/mol. The van der Waals surface area contributed by atoms with Crippen molar-refractivity contribution in [3.63, 3.8) is 0 Å². The minimum absolute atomic E-state index is 0.0995. The third kappa shape index (κ3) is 2.25. The van der Waals surface area contributed by atoms with Crippen molar-refractivity contribution < 1.29 is 35.1 Å². The number of hydrogen-bond donors (Lipinski definition) is 6. The molecule has 0 spiro atoms. The number of benzene rings is 1. The molecule has 8 nitrogen and oxygen atoms in total. The number of alkyl halides is 1. The number of rotatable bonds is 3. The molecule has 1 saturated heterocycles. The lowest BCUT2D eigenvalue weighted by Gasteiger charge is -2.53. The molecule has 0 aromatic heterocycles. The maximum atomic E-state index is 12.5. The third-order valence-corrected chi connectivity index (χ3v) is 4.21. The summed E-state index contributed by atoms with van der Waals surface area (Å²) in [5, 5.41) is 46.7. The molecule has 1 aromatic carbocycles. The minimum Gasteiger partial charge on any atom is -0.394 e. The molecule has 1 aromatic rings. The SMILES string of the molecule is NC1(O)O[C@H](CO)[C@H](O)[C@](O)(C(=O)c2ccccc2)[C@@]1(O)Cl. The van der Waals surface area contributed by atoms with Gasteiger partial charge in [0, 0.05) is 5.56 Å². The van der Waals surface area contributed by atoms with Crippen LogP contribution in [-0.4, -0.2) is 66.7 Å². The lowest BCUT2D eigenvalue weighted by atomic mass is 9.76. The number of hydrogen-bond acceptors (Lipinski definition) is 8. The topological polar surface area (TPSA) is 153 Å². The first kappa shape index (κ1) is 17.3. The molecular weight excluding hydrogens is 318 g/mol. The largest absolute Gasteiger partial charge is 0.394 e.